The molecular weight excluding hydrogens is 568 g/mol. The second kappa shape index (κ2) is 36.0. The summed E-state index contributed by atoms with van der Waals surface area (Å²) in [4.78, 5) is 0. The summed E-state index contributed by atoms with van der Waals surface area (Å²) in [6.07, 6.45) is 33.7. The summed E-state index contributed by atoms with van der Waals surface area (Å²) in [5.41, 5.74) is 0. The average Bonchev–Trinajstić information content (AvgIpc) is 3.05. The van der Waals surface area contributed by atoms with Crippen molar-refractivity contribution in [2.45, 2.75) is 155 Å². The maximum atomic E-state index is 5.62. The van der Waals surface area contributed by atoms with Gasteiger partial charge in [0.2, 0.25) is 0 Å². The molecule has 0 fully saturated rings. The van der Waals surface area contributed by atoms with E-state index in [1.807, 2.05) is 0 Å². The van der Waals surface area contributed by atoms with Gasteiger partial charge >= 0.3 is 0 Å². The molecular formula is C38H74O7. The van der Waals surface area contributed by atoms with Crippen LogP contribution in [0.3, 0.4) is 0 Å². The highest BCUT2D eigenvalue weighted by Crippen LogP contribution is 2.14. The topological polar surface area (TPSA) is 64.6 Å². The predicted octanol–water partition coefficient (Wildman–Crippen LogP) is 10.4. The van der Waals surface area contributed by atoms with Crippen molar-refractivity contribution in [3.05, 3.63) is 24.3 Å². The standard InChI is InChI=1S/C38H74O7/c1-35(25-21-17-13-9-7-11-15-19-23-27-37(39-3)40-4)29-31-43-33-45-34-44-32-30-36(2)26-22-18-14-10-8-12-16-20-24-28-38(41-5)42-6/h21-22,25-26,35-38H,7-20,23-24,27-34H2,1-6H3. The van der Waals surface area contributed by atoms with E-state index in [2.05, 4.69) is 38.2 Å². The van der Waals surface area contributed by atoms with Crippen LogP contribution in [0.1, 0.15) is 142 Å². The highest BCUT2D eigenvalue weighted by molar-refractivity contribution is 4.87. The van der Waals surface area contributed by atoms with Crippen LogP contribution in [0, 0.1) is 11.8 Å². The van der Waals surface area contributed by atoms with Gasteiger partial charge in [-0.2, -0.15) is 0 Å². The Labute approximate surface area is 279 Å². The van der Waals surface area contributed by atoms with Crippen molar-refractivity contribution in [2.75, 3.05) is 55.2 Å². The van der Waals surface area contributed by atoms with Crippen LogP contribution in [0.2, 0.25) is 0 Å². The number of rotatable bonds is 36. The second-order valence-electron chi connectivity index (χ2n) is 12.6. The molecule has 0 aromatic rings. The first-order valence-corrected chi connectivity index (χ1v) is 18.2. The first-order chi connectivity index (χ1) is 22.1. The van der Waals surface area contributed by atoms with E-state index in [-0.39, 0.29) is 12.6 Å². The SMILES string of the molecule is COC(CCCCCCCCCC=CC(C)CCOCOCOCCC(C)C=CCCCCCCCCCC(OC)OC)OC. The molecule has 0 N–H and O–H groups in total. The van der Waals surface area contributed by atoms with Crippen molar-refractivity contribution in [3.63, 3.8) is 0 Å². The van der Waals surface area contributed by atoms with Gasteiger partial charge in [0.1, 0.15) is 13.6 Å². The van der Waals surface area contributed by atoms with Crippen LogP contribution in [0.4, 0.5) is 0 Å². The molecule has 0 aromatic carbocycles. The molecule has 2 unspecified atom stereocenters. The number of ether oxygens (including phenoxy) is 7. The summed E-state index contributed by atoms with van der Waals surface area (Å²) in [5.74, 6) is 1.07. The van der Waals surface area contributed by atoms with Gasteiger partial charge in [0, 0.05) is 41.7 Å². The molecule has 7 nitrogen and oxygen atoms in total. The molecule has 2 atom stereocenters. The van der Waals surface area contributed by atoms with Gasteiger partial charge in [-0.05, 0) is 76.0 Å². The number of allylic oxidation sites excluding steroid dienone is 4. The third-order valence-corrected chi connectivity index (χ3v) is 8.37. The summed E-state index contributed by atoms with van der Waals surface area (Å²) >= 11 is 0. The maximum absolute atomic E-state index is 5.62. The zero-order valence-corrected chi connectivity index (χ0v) is 30.4. The summed E-state index contributed by atoms with van der Waals surface area (Å²) in [5, 5.41) is 0. The van der Waals surface area contributed by atoms with Crippen LogP contribution >= 0.6 is 0 Å². The summed E-state index contributed by atoms with van der Waals surface area (Å²) in [7, 11) is 6.84. The minimum Gasteiger partial charge on any atom is -0.356 e. The molecule has 7 heteroatoms. The summed E-state index contributed by atoms with van der Waals surface area (Å²) in [6.45, 7) is 6.53. The zero-order valence-electron chi connectivity index (χ0n) is 30.4. The van der Waals surface area contributed by atoms with E-state index in [4.69, 9.17) is 33.2 Å². The fraction of sp³-hybridized carbons (Fsp3) is 0.895. The molecule has 0 rings (SSSR count). The molecule has 268 valence electrons. The van der Waals surface area contributed by atoms with Gasteiger partial charge in [0.15, 0.2) is 12.6 Å². The maximum Gasteiger partial charge on any atom is 0.156 e. The Bertz CT molecular complexity index is 567. The van der Waals surface area contributed by atoms with Gasteiger partial charge in [-0.15, -0.1) is 0 Å². The molecule has 0 aromatic heterocycles. The molecule has 0 aliphatic heterocycles. The Morgan fingerprint density at radius 3 is 1.09 bits per heavy atom. The largest absolute Gasteiger partial charge is 0.356 e. The lowest BCUT2D eigenvalue weighted by Crippen LogP contribution is -2.12. The quantitative estimate of drug-likeness (QED) is 0.0383. The molecule has 0 aliphatic carbocycles. The van der Waals surface area contributed by atoms with Crippen LogP contribution in [0.5, 0.6) is 0 Å². The summed E-state index contributed by atoms with van der Waals surface area (Å²) < 4.78 is 37.6. The van der Waals surface area contributed by atoms with E-state index in [1.165, 1.54) is 103 Å². The van der Waals surface area contributed by atoms with E-state index < -0.39 is 0 Å². The molecule has 0 radical (unpaired) electrons. The van der Waals surface area contributed by atoms with Crippen LogP contribution in [-0.4, -0.2) is 67.8 Å². The molecule has 0 heterocycles. The van der Waals surface area contributed by atoms with Gasteiger partial charge < -0.3 is 33.2 Å². The number of hydrogen-bond donors (Lipinski definition) is 0. The van der Waals surface area contributed by atoms with Crippen molar-refractivity contribution < 1.29 is 33.2 Å². The van der Waals surface area contributed by atoms with Crippen LogP contribution in [0.15, 0.2) is 24.3 Å². The lowest BCUT2D eigenvalue weighted by atomic mass is 10.0. The van der Waals surface area contributed by atoms with Crippen molar-refractivity contribution >= 4 is 0 Å². The first kappa shape index (κ1) is 44.2. The number of hydrogen-bond acceptors (Lipinski definition) is 7. The van der Waals surface area contributed by atoms with E-state index >= 15 is 0 Å². The highest BCUT2D eigenvalue weighted by Gasteiger charge is 2.05. The normalized spacial score (nSPS) is 13.7. The van der Waals surface area contributed by atoms with Crippen molar-refractivity contribution in [1.82, 2.24) is 0 Å². The predicted molar refractivity (Wildman–Crippen MR) is 187 cm³/mol. The molecule has 0 saturated carbocycles. The van der Waals surface area contributed by atoms with E-state index in [1.54, 1.807) is 28.4 Å². The molecule has 0 spiro atoms. The van der Waals surface area contributed by atoms with Gasteiger partial charge in [-0.3, -0.25) is 0 Å². The first-order valence-electron chi connectivity index (χ1n) is 18.2. The third-order valence-electron chi connectivity index (χ3n) is 8.37. The Morgan fingerprint density at radius 1 is 0.400 bits per heavy atom. The third kappa shape index (κ3) is 32.9. The van der Waals surface area contributed by atoms with Gasteiger partial charge in [-0.1, -0.05) is 102 Å². The van der Waals surface area contributed by atoms with Crippen LogP contribution in [0.25, 0.3) is 0 Å². The lowest BCUT2D eigenvalue weighted by Gasteiger charge is -2.12. The monoisotopic (exact) mass is 643 g/mol. The van der Waals surface area contributed by atoms with Crippen molar-refractivity contribution in [2.24, 2.45) is 11.8 Å². The Morgan fingerprint density at radius 2 is 0.733 bits per heavy atom. The minimum atomic E-state index is -0.0366. The molecule has 0 bridgehead atoms. The second-order valence-corrected chi connectivity index (χ2v) is 12.6. The fourth-order valence-corrected chi connectivity index (χ4v) is 5.24. The molecule has 0 aliphatic rings. The van der Waals surface area contributed by atoms with Gasteiger partial charge in [0.25, 0.3) is 0 Å². The Hall–Kier alpha value is -0.800. The zero-order chi connectivity index (χ0) is 33.1. The average molecular weight is 643 g/mol. The Balaban J connectivity index is 3.40. The van der Waals surface area contributed by atoms with Crippen LogP contribution in [-0.2, 0) is 33.2 Å². The Kier molecular flexibility index (Phi) is 35.4. The smallest absolute Gasteiger partial charge is 0.156 e. The van der Waals surface area contributed by atoms with E-state index in [9.17, 15) is 0 Å². The van der Waals surface area contributed by atoms with Crippen LogP contribution < -0.4 is 0 Å². The van der Waals surface area contributed by atoms with Crippen molar-refractivity contribution in [3.8, 4) is 0 Å². The van der Waals surface area contributed by atoms with Crippen molar-refractivity contribution in [1.29, 1.82) is 0 Å². The minimum absolute atomic E-state index is 0.0366. The van der Waals surface area contributed by atoms with Gasteiger partial charge in [0.05, 0.1) is 0 Å². The molecule has 0 amide bonds. The molecule has 45 heavy (non-hydrogen) atoms. The fourth-order valence-electron chi connectivity index (χ4n) is 5.24. The van der Waals surface area contributed by atoms with Gasteiger partial charge in [-0.25, -0.2) is 0 Å². The number of unbranched alkanes of at least 4 members (excludes halogenated alkanes) is 14. The highest BCUT2D eigenvalue weighted by atomic mass is 16.7. The van der Waals surface area contributed by atoms with E-state index in [0.29, 0.717) is 38.6 Å². The molecule has 0 saturated heterocycles. The van der Waals surface area contributed by atoms with E-state index in [0.717, 1.165) is 25.7 Å². The summed E-state index contributed by atoms with van der Waals surface area (Å²) in [6, 6.07) is 0. The number of methoxy groups -OCH3 is 4. The lowest BCUT2D eigenvalue weighted by molar-refractivity contribution is -0.132.